The molecule has 0 saturated carbocycles. The molecule has 3 nitrogen and oxygen atoms in total. The van der Waals surface area contributed by atoms with E-state index < -0.39 is 6.10 Å². The van der Waals surface area contributed by atoms with Gasteiger partial charge in [-0.25, -0.2) is 0 Å². The molecular weight excluding hydrogens is 212 g/mol. The minimum Gasteiger partial charge on any atom is -0.387 e. The monoisotopic (exact) mass is 228 g/mol. The van der Waals surface area contributed by atoms with Crippen molar-refractivity contribution in [2.24, 2.45) is 0 Å². The number of hydrogen-bond acceptors (Lipinski definition) is 3. The number of benzene rings is 1. The van der Waals surface area contributed by atoms with Crippen molar-refractivity contribution in [3.8, 4) is 0 Å². The molecule has 0 unspecified atom stereocenters. The first-order chi connectivity index (χ1) is 8.36. The van der Waals surface area contributed by atoms with Gasteiger partial charge in [0.05, 0.1) is 11.8 Å². The number of nitrogens with one attached hydrogen (secondary N) is 1. The van der Waals surface area contributed by atoms with E-state index in [1.165, 1.54) is 0 Å². The molecule has 2 rings (SSSR count). The highest BCUT2D eigenvalue weighted by Gasteiger charge is 2.05. The summed E-state index contributed by atoms with van der Waals surface area (Å²) in [6, 6.07) is 15.5. The molecule has 0 aliphatic heterocycles. The summed E-state index contributed by atoms with van der Waals surface area (Å²) in [5.41, 5.74) is 1.91. The second kappa shape index (κ2) is 6.13. The first kappa shape index (κ1) is 11.8. The molecule has 2 aromatic rings. The van der Waals surface area contributed by atoms with Crippen LogP contribution in [0.5, 0.6) is 0 Å². The van der Waals surface area contributed by atoms with E-state index in [-0.39, 0.29) is 0 Å². The zero-order chi connectivity index (χ0) is 11.9. The van der Waals surface area contributed by atoms with Crippen molar-refractivity contribution in [2.45, 2.75) is 12.6 Å². The summed E-state index contributed by atoms with van der Waals surface area (Å²) in [4.78, 5) is 4.20. The minimum atomic E-state index is -0.472. The number of aliphatic hydroxyl groups excluding tert-OH is 1. The summed E-state index contributed by atoms with van der Waals surface area (Å²) >= 11 is 0. The fourth-order valence-corrected chi connectivity index (χ4v) is 1.63. The molecule has 0 amide bonds. The van der Waals surface area contributed by atoms with Crippen LogP contribution >= 0.6 is 0 Å². The third kappa shape index (κ3) is 3.66. The topological polar surface area (TPSA) is 45.1 Å². The molecule has 88 valence electrons. The molecule has 0 fully saturated rings. The molecule has 0 bridgehead atoms. The molecule has 2 N–H and O–H groups in total. The highest BCUT2D eigenvalue weighted by atomic mass is 16.3. The summed E-state index contributed by atoms with van der Waals surface area (Å²) in [6.07, 6.45) is 1.30. The Kier molecular flexibility index (Phi) is 4.24. The second-order valence-electron chi connectivity index (χ2n) is 3.88. The molecule has 3 heteroatoms. The van der Waals surface area contributed by atoms with Gasteiger partial charge in [0.15, 0.2) is 0 Å². The van der Waals surface area contributed by atoms with E-state index in [0.29, 0.717) is 13.1 Å². The normalized spacial score (nSPS) is 12.3. The SMILES string of the molecule is O[C@@H](CNCc1ccccn1)c1ccccc1. The van der Waals surface area contributed by atoms with Crippen molar-refractivity contribution in [1.29, 1.82) is 0 Å². The average molecular weight is 228 g/mol. The predicted molar refractivity (Wildman–Crippen MR) is 67.3 cm³/mol. The van der Waals surface area contributed by atoms with Gasteiger partial charge in [0.25, 0.3) is 0 Å². The van der Waals surface area contributed by atoms with E-state index >= 15 is 0 Å². The van der Waals surface area contributed by atoms with E-state index in [1.807, 2.05) is 48.5 Å². The van der Waals surface area contributed by atoms with Crippen LogP contribution in [0.3, 0.4) is 0 Å². The first-order valence-corrected chi connectivity index (χ1v) is 5.70. The standard InChI is InChI=1S/C14H16N2O/c17-14(12-6-2-1-3-7-12)11-15-10-13-8-4-5-9-16-13/h1-9,14-15,17H,10-11H2/t14-/m0/s1. The maximum absolute atomic E-state index is 9.92. The molecular formula is C14H16N2O. The molecule has 0 radical (unpaired) electrons. The number of pyridine rings is 1. The summed E-state index contributed by atoms with van der Waals surface area (Å²) in [5, 5.41) is 13.1. The van der Waals surface area contributed by atoms with Crippen LogP contribution in [-0.2, 0) is 6.54 Å². The second-order valence-corrected chi connectivity index (χ2v) is 3.88. The molecule has 0 aliphatic carbocycles. The third-order valence-corrected chi connectivity index (χ3v) is 2.55. The lowest BCUT2D eigenvalue weighted by molar-refractivity contribution is 0.174. The summed E-state index contributed by atoms with van der Waals surface area (Å²) < 4.78 is 0. The third-order valence-electron chi connectivity index (χ3n) is 2.55. The van der Waals surface area contributed by atoms with Crippen LogP contribution in [0.15, 0.2) is 54.7 Å². The van der Waals surface area contributed by atoms with Crippen molar-refractivity contribution in [1.82, 2.24) is 10.3 Å². The lowest BCUT2D eigenvalue weighted by atomic mass is 10.1. The quantitative estimate of drug-likeness (QED) is 0.821. The van der Waals surface area contributed by atoms with E-state index in [2.05, 4.69) is 10.3 Å². The van der Waals surface area contributed by atoms with Crippen LogP contribution in [0.1, 0.15) is 17.4 Å². The number of aromatic nitrogens is 1. The van der Waals surface area contributed by atoms with Gasteiger partial charge >= 0.3 is 0 Å². The van der Waals surface area contributed by atoms with Crippen molar-refractivity contribution >= 4 is 0 Å². The Hall–Kier alpha value is -1.71. The minimum absolute atomic E-state index is 0.472. The molecule has 0 saturated heterocycles. The molecule has 1 aromatic heterocycles. The zero-order valence-corrected chi connectivity index (χ0v) is 9.58. The Morgan fingerprint density at radius 1 is 1.06 bits per heavy atom. The lowest BCUT2D eigenvalue weighted by Gasteiger charge is -2.11. The van der Waals surface area contributed by atoms with Gasteiger partial charge in [0, 0.05) is 19.3 Å². The number of rotatable bonds is 5. The largest absolute Gasteiger partial charge is 0.387 e. The summed E-state index contributed by atoms with van der Waals surface area (Å²) in [7, 11) is 0. The van der Waals surface area contributed by atoms with Crippen LogP contribution in [-0.4, -0.2) is 16.6 Å². The zero-order valence-electron chi connectivity index (χ0n) is 9.58. The highest BCUT2D eigenvalue weighted by Crippen LogP contribution is 2.10. The van der Waals surface area contributed by atoms with Crippen LogP contribution < -0.4 is 5.32 Å². The number of hydrogen-bond donors (Lipinski definition) is 2. The first-order valence-electron chi connectivity index (χ1n) is 5.70. The molecule has 0 spiro atoms. The Morgan fingerprint density at radius 2 is 1.82 bits per heavy atom. The van der Waals surface area contributed by atoms with E-state index in [4.69, 9.17) is 0 Å². The maximum atomic E-state index is 9.92. The fourth-order valence-electron chi connectivity index (χ4n) is 1.63. The molecule has 0 aliphatic rings. The maximum Gasteiger partial charge on any atom is 0.0914 e. The van der Waals surface area contributed by atoms with Gasteiger partial charge in [0.1, 0.15) is 0 Å². The van der Waals surface area contributed by atoms with E-state index in [1.54, 1.807) is 6.20 Å². The predicted octanol–water partition coefficient (Wildman–Crippen LogP) is 1.90. The van der Waals surface area contributed by atoms with E-state index in [0.717, 1.165) is 11.3 Å². The highest BCUT2D eigenvalue weighted by molar-refractivity contribution is 5.17. The van der Waals surface area contributed by atoms with Gasteiger partial charge in [-0.3, -0.25) is 4.98 Å². The molecule has 1 aromatic carbocycles. The van der Waals surface area contributed by atoms with Crippen molar-refractivity contribution in [2.75, 3.05) is 6.54 Å². The van der Waals surface area contributed by atoms with Crippen LogP contribution in [0, 0.1) is 0 Å². The molecule has 1 heterocycles. The Balaban J connectivity index is 1.79. The number of nitrogens with zero attached hydrogens (tertiary/aromatic N) is 1. The van der Waals surface area contributed by atoms with Gasteiger partial charge in [-0.05, 0) is 17.7 Å². The van der Waals surface area contributed by atoms with Crippen molar-refractivity contribution < 1.29 is 5.11 Å². The van der Waals surface area contributed by atoms with E-state index in [9.17, 15) is 5.11 Å². The molecule has 17 heavy (non-hydrogen) atoms. The van der Waals surface area contributed by atoms with Crippen LogP contribution in [0.25, 0.3) is 0 Å². The Morgan fingerprint density at radius 3 is 2.53 bits per heavy atom. The number of aliphatic hydroxyl groups is 1. The van der Waals surface area contributed by atoms with Crippen molar-refractivity contribution in [3.05, 3.63) is 66.0 Å². The van der Waals surface area contributed by atoms with Crippen LogP contribution in [0.2, 0.25) is 0 Å². The fraction of sp³-hybridized carbons (Fsp3) is 0.214. The van der Waals surface area contributed by atoms with Gasteiger partial charge in [-0.15, -0.1) is 0 Å². The van der Waals surface area contributed by atoms with Gasteiger partial charge in [-0.1, -0.05) is 36.4 Å². The lowest BCUT2D eigenvalue weighted by Crippen LogP contribution is -2.21. The average Bonchev–Trinajstić information content (AvgIpc) is 2.41. The Bertz CT molecular complexity index is 430. The smallest absolute Gasteiger partial charge is 0.0914 e. The summed E-state index contributed by atoms with van der Waals surface area (Å²) in [6.45, 7) is 1.20. The van der Waals surface area contributed by atoms with Gasteiger partial charge < -0.3 is 10.4 Å². The summed E-state index contributed by atoms with van der Waals surface area (Å²) in [5.74, 6) is 0. The van der Waals surface area contributed by atoms with Crippen LogP contribution in [0.4, 0.5) is 0 Å². The Labute approximate surface area is 101 Å². The van der Waals surface area contributed by atoms with Gasteiger partial charge in [0.2, 0.25) is 0 Å². The van der Waals surface area contributed by atoms with Gasteiger partial charge in [-0.2, -0.15) is 0 Å². The molecule has 1 atom stereocenters. The van der Waals surface area contributed by atoms with Crippen molar-refractivity contribution in [3.63, 3.8) is 0 Å².